The van der Waals surface area contributed by atoms with Crippen LogP contribution < -0.4 is 5.73 Å². The Kier molecular flexibility index (Phi) is 4.32. The van der Waals surface area contributed by atoms with E-state index in [-0.39, 0.29) is 11.2 Å². The van der Waals surface area contributed by atoms with Gasteiger partial charge in [0.25, 0.3) is 0 Å². The molecule has 0 saturated carbocycles. The second-order valence-electron chi connectivity index (χ2n) is 6.30. The van der Waals surface area contributed by atoms with E-state index in [0.717, 1.165) is 6.42 Å². The smallest absolute Gasteiger partial charge is 0.120 e. The number of hydrogen-bond acceptors (Lipinski definition) is 3. The molecule has 0 amide bonds. The maximum absolute atomic E-state index is 9.98. The number of hydrogen-bond donors (Lipinski definition) is 2. The first-order valence-corrected chi connectivity index (χ1v) is 7.07. The lowest BCUT2D eigenvalue weighted by Crippen LogP contribution is -2.04. The molecule has 21 heavy (non-hydrogen) atoms. The topological polar surface area (TPSA) is 58.6 Å². The van der Waals surface area contributed by atoms with E-state index in [4.69, 9.17) is 5.73 Å². The average molecular weight is 282 g/mol. The molecular weight excluding hydrogens is 260 g/mol. The largest absolute Gasteiger partial charge is 0.508 e. The van der Waals surface area contributed by atoms with Crippen molar-refractivity contribution < 1.29 is 5.11 Å². The van der Waals surface area contributed by atoms with E-state index < -0.39 is 0 Å². The van der Waals surface area contributed by atoms with Crippen LogP contribution >= 0.6 is 0 Å². The van der Waals surface area contributed by atoms with Gasteiger partial charge in [-0.2, -0.15) is 0 Å². The molecule has 110 valence electrons. The molecule has 0 aromatic heterocycles. The third-order valence-corrected chi connectivity index (χ3v) is 3.07. The van der Waals surface area contributed by atoms with Crippen LogP contribution in [-0.2, 0) is 0 Å². The van der Waals surface area contributed by atoms with Crippen LogP contribution in [0, 0.1) is 5.41 Å². The van der Waals surface area contributed by atoms with E-state index >= 15 is 0 Å². The van der Waals surface area contributed by atoms with E-state index in [0.29, 0.717) is 16.9 Å². The Morgan fingerprint density at radius 3 is 2.62 bits per heavy atom. The first kappa shape index (κ1) is 15.1. The third kappa shape index (κ3) is 4.35. The molecule has 3 N–H and O–H groups in total. The van der Waals surface area contributed by atoms with Crippen LogP contribution in [0.3, 0.4) is 0 Å². The molecular formula is C18H22N2O. The van der Waals surface area contributed by atoms with Crippen LogP contribution in [0.1, 0.15) is 27.2 Å². The lowest BCUT2D eigenvalue weighted by atomic mass is 9.90. The first-order valence-electron chi connectivity index (χ1n) is 7.07. The molecule has 0 saturated heterocycles. The van der Waals surface area contributed by atoms with E-state index in [9.17, 15) is 5.11 Å². The molecule has 1 aromatic rings. The molecule has 1 aromatic carbocycles. The van der Waals surface area contributed by atoms with Crippen molar-refractivity contribution in [2.45, 2.75) is 27.2 Å². The van der Waals surface area contributed by atoms with Gasteiger partial charge in [0.05, 0.1) is 11.4 Å². The van der Waals surface area contributed by atoms with Gasteiger partial charge < -0.3 is 10.8 Å². The Balaban J connectivity index is 2.27. The molecule has 1 aliphatic rings. The number of nitrogen functional groups attached to an aromatic ring is 1. The van der Waals surface area contributed by atoms with Crippen LogP contribution in [0.2, 0.25) is 0 Å². The number of nitrogens with two attached hydrogens (primary N) is 1. The van der Waals surface area contributed by atoms with Gasteiger partial charge in [-0.15, -0.1) is 0 Å². The summed E-state index contributed by atoms with van der Waals surface area (Å²) in [5, 5.41) is 9.98. The van der Waals surface area contributed by atoms with Crippen molar-refractivity contribution in [2.75, 3.05) is 5.73 Å². The highest BCUT2D eigenvalue weighted by Gasteiger charge is 2.12. The molecule has 3 heteroatoms. The SMILES string of the molecule is CC(C)(C)C=C1C=C(C=Nc2ccccc2N)C(O)=CC1. The standard InChI is InChI=1S/C18H22N2O/c1-18(2,3)11-13-8-9-17(21)14(10-13)12-20-16-7-5-4-6-15(16)19/h4-7,9-12,21H,8,19H2,1-3H3. The summed E-state index contributed by atoms with van der Waals surface area (Å²) in [6.45, 7) is 6.47. The predicted octanol–water partition coefficient (Wildman–Crippen LogP) is 4.72. The van der Waals surface area contributed by atoms with Gasteiger partial charge in [-0.25, -0.2) is 0 Å². The average Bonchev–Trinajstić information content (AvgIpc) is 2.39. The first-order chi connectivity index (χ1) is 9.85. The molecule has 1 aliphatic carbocycles. The second kappa shape index (κ2) is 6.00. The van der Waals surface area contributed by atoms with Gasteiger partial charge in [-0.1, -0.05) is 39.0 Å². The number of benzene rings is 1. The lowest BCUT2D eigenvalue weighted by molar-refractivity contribution is 0.424. The number of aliphatic hydroxyl groups is 1. The maximum Gasteiger partial charge on any atom is 0.120 e. The summed E-state index contributed by atoms with van der Waals surface area (Å²) >= 11 is 0. The number of aliphatic hydroxyl groups excluding tert-OH is 1. The van der Waals surface area contributed by atoms with Crippen molar-refractivity contribution in [2.24, 2.45) is 10.4 Å². The molecule has 0 unspecified atom stereocenters. The van der Waals surface area contributed by atoms with Gasteiger partial charge in [0, 0.05) is 11.8 Å². The summed E-state index contributed by atoms with van der Waals surface area (Å²) in [4.78, 5) is 4.36. The van der Waals surface area contributed by atoms with Gasteiger partial charge in [-0.3, -0.25) is 4.99 Å². The summed E-state index contributed by atoms with van der Waals surface area (Å²) in [6.07, 6.45) is 8.40. The Morgan fingerprint density at radius 1 is 1.24 bits per heavy atom. The highest BCUT2D eigenvalue weighted by molar-refractivity contribution is 5.88. The molecule has 0 fully saturated rings. The van der Waals surface area contributed by atoms with Crippen molar-refractivity contribution in [1.82, 2.24) is 0 Å². The second-order valence-corrected chi connectivity index (χ2v) is 6.30. The van der Waals surface area contributed by atoms with Crippen molar-refractivity contribution in [3.8, 4) is 0 Å². The van der Waals surface area contributed by atoms with Gasteiger partial charge in [0.2, 0.25) is 0 Å². The number of rotatable bonds is 2. The third-order valence-electron chi connectivity index (χ3n) is 3.07. The zero-order valence-electron chi connectivity index (χ0n) is 12.8. The van der Waals surface area contributed by atoms with Gasteiger partial charge in [0.15, 0.2) is 0 Å². The fourth-order valence-electron chi connectivity index (χ4n) is 2.17. The molecule has 0 radical (unpaired) electrons. The Hall–Kier alpha value is -2.29. The highest BCUT2D eigenvalue weighted by atomic mass is 16.3. The number of para-hydroxylation sites is 2. The fraction of sp³-hybridized carbons (Fsp3) is 0.278. The van der Waals surface area contributed by atoms with Crippen LogP contribution in [0.5, 0.6) is 0 Å². The van der Waals surface area contributed by atoms with Crippen molar-refractivity contribution in [3.05, 3.63) is 59.4 Å². The normalized spacial score (nSPS) is 18.0. The van der Waals surface area contributed by atoms with Gasteiger partial charge in [0.1, 0.15) is 5.76 Å². The molecule has 0 aliphatic heterocycles. The van der Waals surface area contributed by atoms with Crippen molar-refractivity contribution in [3.63, 3.8) is 0 Å². The molecule has 0 spiro atoms. The molecule has 3 nitrogen and oxygen atoms in total. The number of aliphatic imine (C=N–C) groups is 1. The fourth-order valence-corrected chi connectivity index (χ4v) is 2.17. The van der Waals surface area contributed by atoms with Gasteiger partial charge >= 0.3 is 0 Å². The Morgan fingerprint density at radius 2 is 1.95 bits per heavy atom. The minimum absolute atomic E-state index is 0.110. The molecule has 0 bridgehead atoms. The zero-order valence-corrected chi connectivity index (χ0v) is 12.8. The van der Waals surface area contributed by atoms with E-state index in [2.05, 4.69) is 31.8 Å². The highest BCUT2D eigenvalue weighted by Crippen LogP contribution is 2.26. The zero-order chi connectivity index (χ0) is 15.5. The summed E-state index contributed by atoms with van der Waals surface area (Å²) in [5.41, 5.74) is 9.19. The molecule has 0 heterocycles. The molecule has 2 rings (SSSR count). The Labute approximate surface area is 126 Å². The quantitative estimate of drug-likeness (QED) is 0.609. The van der Waals surface area contributed by atoms with Gasteiger partial charge in [-0.05, 0) is 41.7 Å². The van der Waals surface area contributed by atoms with Crippen LogP contribution in [0.25, 0.3) is 0 Å². The number of anilines is 1. The maximum atomic E-state index is 9.98. The predicted molar refractivity (Wildman–Crippen MR) is 90.0 cm³/mol. The summed E-state index contributed by atoms with van der Waals surface area (Å²) in [6, 6.07) is 7.42. The summed E-state index contributed by atoms with van der Waals surface area (Å²) in [5.74, 6) is 0.263. The van der Waals surface area contributed by atoms with E-state index in [1.807, 2.05) is 36.4 Å². The minimum Gasteiger partial charge on any atom is -0.508 e. The number of allylic oxidation sites excluding steroid dienone is 5. The van der Waals surface area contributed by atoms with E-state index in [1.54, 1.807) is 6.21 Å². The summed E-state index contributed by atoms with van der Waals surface area (Å²) < 4.78 is 0. The monoisotopic (exact) mass is 282 g/mol. The Bertz CT molecular complexity index is 643. The van der Waals surface area contributed by atoms with Crippen LogP contribution in [0.4, 0.5) is 11.4 Å². The number of nitrogens with zero attached hydrogens (tertiary/aromatic N) is 1. The van der Waals surface area contributed by atoms with Crippen LogP contribution in [0.15, 0.2) is 64.4 Å². The summed E-state index contributed by atoms with van der Waals surface area (Å²) in [7, 11) is 0. The van der Waals surface area contributed by atoms with Crippen LogP contribution in [-0.4, -0.2) is 11.3 Å². The van der Waals surface area contributed by atoms with E-state index in [1.165, 1.54) is 5.57 Å². The minimum atomic E-state index is 0.110. The lowest BCUT2D eigenvalue weighted by Gasteiger charge is -2.17. The van der Waals surface area contributed by atoms with Crippen molar-refractivity contribution in [1.29, 1.82) is 0 Å². The molecule has 0 atom stereocenters. The van der Waals surface area contributed by atoms with Crippen molar-refractivity contribution >= 4 is 17.6 Å².